The van der Waals surface area contributed by atoms with E-state index in [9.17, 15) is 9.90 Å². The average molecular weight is 321 g/mol. The van der Waals surface area contributed by atoms with Crippen LogP contribution in [0.15, 0.2) is 47.4 Å². The van der Waals surface area contributed by atoms with Gasteiger partial charge in [-0.3, -0.25) is 4.79 Å². The van der Waals surface area contributed by atoms with Crippen molar-refractivity contribution in [3.63, 3.8) is 0 Å². The predicted molar refractivity (Wildman–Crippen MR) is 88.4 cm³/mol. The fourth-order valence-electron chi connectivity index (χ4n) is 2.05. The Bertz CT molecular complexity index is 638. The van der Waals surface area contributed by atoms with Crippen molar-refractivity contribution in [1.82, 2.24) is 0 Å². The van der Waals surface area contributed by atoms with Crippen LogP contribution in [0, 0.1) is 13.8 Å². The van der Waals surface area contributed by atoms with Crippen molar-refractivity contribution in [2.75, 3.05) is 0 Å². The van der Waals surface area contributed by atoms with Crippen molar-refractivity contribution >= 4 is 29.3 Å². The second-order valence-corrected chi connectivity index (χ2v) is 6.75. The summed E-state index contributed by atoms with van der Waals surface area (Å²) in [6, 6.07) is 13.5. The molecule has 1 N–H and O–H groups in total. The molecule has 0 unspecified atom stereocenters. The van der Waals surface area contributed by atoms with Crippen LogP contribution < -0.4 is 0 Å². The van der Waals surface area contributed by atoms with E-state index in [4.69, 9.17) is 11.6 Å². The van der Waals surface area contributed by atoms with Crippen molar-refractivity contribution < 1.29 is 9.90 Å². The Kier molecular flexibility index (Phi) is 5.32. The van der Waals surface area contributed by atoms with E-state index in [0.717, 1.165) is 16.0 Å². The lowest BCUT2D eigenvalue weighted by molar-refractivity contribution is -0.136. The first kappa shape index (κ1) is 15.9. The highest BCUT2D eigenvalue weighted by Gasteiger charge is 2.20. The van der Waals surface area contributed by atoms with Crippen molar-refractivity contribution in [3.05, 3.63) is 64.2 Å². The Morgan fingerprint density at radius 3 is 2.43 bits per heavy atom. The van der Waals surface area contributed by atoms with Crippen molar-refractivity contribution in [1.29, 1.82) is 0 Å². The topological polar surface area (TPSA) is 37.3 Å². The summed E-state index contributed by atoms with van der Waals surface area (Å²) in [6.45, 7) is 3.97. The van der Waals surface area contributed by atoms with Crippen LogP contribution >= 0.6 is 23.4 Å². The molecule has 110 valence electrons. The van der Waals surface area contributed by atoms with Gasteiger partial charge in [0.25, 0.3) is 0 Å². The molecule has 0 aliphatic carbocycles. The van der Waals surface area contributed by atoms with Gasteiger partial charge < -0.3 is 5.11 Å². The Morgan fingerprint density at radius 1 is 1.19 bits per heavy atom. The first-order valence-corrected chi connectivity index (χ1v) is 7.92. The lowest BCUT2D eigenvalue weighted by atomic mass is 10.0. The molecule has 1 atom stereocenters. The minimum absolute atomic E-state index is 0.483. The number of thioether (sulfide) groups is 1. The zero-order valence-electron chi connectivity index (χ0n) is 12.0. The Labute approximate surface area is 134 Å². The summed E-state index contributed by atoms with van der Waals surface area (Å²) >= 11 is 7.32. The summed E-state index contributed by atoms with van der Waals surface area (Å²) in [4.78, 5) is 12.5. The minimum Gasteiger partial charge on any atom is -0.480 e. The van der Waals surface area contributed by atoms with Crippen molar-refractivity contribution in [3.8, 4) is 0 Å². The van der Waals surface area contributed by atoms with Gasteiger partial charge in [0.15, 0.2) is 0 Å². The van der Waals surface area contributed by atoms with E-state index in [1.165, 1.54) is 17.3 Å². The highest BCUT2D eigenvalue weighted by atomic mass is 35.5. The Morgan fingerprint density at radius 2 is 1.86 bits per heavy atom. The first-order valence-electron chi connectivity index (χ1n) is 6.67. The van der Waals surface area contributed by atoms with E-state index in [0.29, 0.717) is 11.4 Å². The van der Waals surface area contributed by atoms with Gasteiger partial charge in [0.1, 0.15) is 5.25 Å². The molecule has 0 bridgehead atoms. The lowest BCUT2D eigenvalue weighted by Gasteiger charge is -2.14. The van der Waals surface area contributed by atoms with E-state index < -0.39 is 11.2 Å². The molecule has 2 rings (SSSR count). The number of aliphatic carboxylic acids is 1. The molecular weight excluding hydrogens is 304 g/mol. The van der Waals surface area contributed by atoms with Crippen LogP contribution in [0.4, 0.5) is 0 Å². The molecule has 0 aliphatic rings. The van der Waals surface area contributed by atoms with E-state index in [1.807, 2.05) is 50.2 Å². The molecule has 21 heavy (non-hydrogen) atoms. The number of hydrogen-bond donors (Lipinski definition) is 1. The number of carbonyl (C=O) groups is 1. The molecule has 2 aromatic carbocycles. The van der Waals surface area contributed by atoms with Gasteiger partial charge in [-0.1, -0.05) is 35.4 Å². The van der Waals surface area contributed by atoms with Gasteiger partial charge in [0.2, 0.25) is 0 Å². The highest BCUT2D eigenvalue weighted by molar-refractivity contribution is 8.00. The second kappa shape index (κ2) is 7.01. The van der Waals surface area contributed by atoms with Crippen LogP contribution in [-0.2, 0) is 11.2 Å². The third-order valence-corrected chi connectivity index (χ3v) is 4.72. The minimum atomic E-state index is -0.796. The molecular formula is C17H17ClO2S. The highest BCUT2D eigenvalue weighted by Crippen LogP contribution is 2.28. The molecule has 0 heterocycles. The molecule has 0 fully saturated rings. The van der Waals surface area contributed by atoms with Gasteiger partial charge in [0.05, 0.1) is 0 Å². The predicted octanol–water partition coefficient (Wildman–Crippen LogP) is 4.74. The van der Waals surface area contributed by atoms with Crippen LogP contribution in [-0.4, -0.2) is 16.3 Å². The van der Waals surface area contributed by atoms with Gasteiger partial charge in [0, 0.05) is 9.92 Å². The smallest absolute Gasteiger partial charge is 0.317 e. The largest absolute Gasteiger partial charge is 0.480 e. The SMILES string of the molecule is Cc1ccc(S[C@@H](Cc2ccc(Cl)cc2C)C(=O)O)cc1. The molecule has 2 nitrogen and oxygen atoms in total. The zero-order valence-corrected chi connectivity index (χ0v) is 13.5. The molecule has 0 radical (unpaired) electrons. The van der Waals surface area contributed by atoms with Crippen LogP contribution in [0.1, 0.15) is 16.7 Å². The molecule has 0 amide bonds. The van der Waals surface area contributed by atoms with Crippen LogP contribution in [0.3, 0.4) is 0 Å². The van der Waals surface area contributed by atoms with Crippen molar-refractivity contribution in [2.24, 2.45) is 0 Å². The van der Waals surface area contributed by atoms with E-state index in [2.05, 4.69) is 0 Å². The number of carboxylic acids is 1. The van der Waals surface area contributed by atoms with E-state index in [-0.39, 0.29) is 0 Å². The summed E-state index contributed by atoms with van der Waals surface area (Å²) in [6.07, 6.45) is 0.483. The summed E-state index contributed by atoms with van der Waals surface area (Å²) in [7, 11) is 0. The number of halogens is 1. The normalized spacial score (nSPS) is 12.1. The Hall–Kier alpha value is -1.45. The molecule has 0 saturated heterocycles. The third kappa shape index (κ3) is 4.51. The fourth-order valence-corrected chi connectivity index (χ4v) is 3.26. The lowest BCUT2D eigenvalue weighted by Crippen LogP contribution is -2.19. The standard InChI is InChI=1S/C17H17ClO2S/c1-11-3-7-15(8-4-11)21-16(17(19)20)10-13-5-6-14(18)9-12(13)2/h3-9,16H,10H2,1-2H3,(H,19,20)/t16-/m0/s1. The number of carboxylic acid groups (broad SMARTS) is 1. The maximum Gasteiger partial charge on any atom is 0.317 e. The first-order chi connectivity index (χ1) is 9.95. The van der Waals surface area contributed by atoms with Gasteiger partial charge in [-0.2, -0.15) is 0 Å². The maximum absolute atomic E-state index is 11.5. The van der Waals surface area contributed by atoms with Crippen LogP contribution in [0.2, 0.25) is 5.02 Å². The number of aryl methyl sites for hydroxylation is 2. The van der Waals surface area contributed by atoms with Crippen LogP contribution in [0.25, 0.3) is 0 Å². The zero-order chi connectivity index (χ0) is 15.4. The summed E-state index contributed by atoms with van der Waals surface area (Å²) in [5.74, 6) is -0.796. The molecule has 0 aliphatic heterocycles. The quantitative estimate of drug-likeness (QED) is 0.808. The number of rotatable bonds is 5. The van der Waals surface area contributed by atoms with Gasteiger partial charge in [-0.15, -0.1) is 11.8 Å². The molecule has 0 aromatic heterocycles. The van der Waals surface area contributed by atoms with Gasteiger partial charge in [-0.25, -0.2) is 0 Å². The van der Waals surface area contributed by atoms with Crippen LogP contribution in [0.5, 0.6) is 0 Å². The van der Waals surface area contributed by atoms with E-state index >= 15 is 0 Å². The van der Waals surface area contributed by atoms with Gasteiger partial charge >= 0.3 is 5.97 Å². The third-order valence-electron chi connectivity index (χ3n) is 3.28. The number of hydrogen-bond acceptors (Lipinski definition) is 2. The van der Waals surface area contributed by atoms with Gasteiger partial charge in [-0.05, 0) is 55.7 Å². The summed E-state index contributed by atoms with van der Waals surface area (Å²) in [5, 5.41) is 9.62. The second-order valence-electron chi connectivity index (χ2n) is 5.03. The monoisotopic (exact) mass is 320 g/mol. The number of benzene rings is 2. The van der Waals surface area contributed by atoms with Crippen molar-refractivity contribution in [2.45, 2.75) is 30.4 Å². The molecule has 0 saturated carbocycles. The molecule has 2 aromatic rings. The average Bonchev–Trinajstić information content (AvgIpc) is 2.43. The fraction of sp³-hybridized carbons (Fsp3) is 0.235. The van der Waals surface area contributed by atoms with E-state index in [1.54, 1.807) is 6.07 Å². The summed E-state index contributed by atoms with van der Waals surface area (Å²) in [5.41, 5.74) is 3.21. The molecule has 0 spiro atoms. The molecule has 4 heteroatoms. The Balaban J connectivity index is 2.15. The summed E-state index contributed by atoms with van der Waals surface area (Å²) < 4.78 is 0. The maximum atomic E-state index is 11.5.